The third-order valence-electron chi connectivity index (χ3n) is 6.44. The maximum Gasteiger partial charge on any atom is 0.255 e. The molecule has 210 valence electrons. The van der Waals surface area contributed by atoms with Gasteiger partial charge in [0.05, 0.1) is 0 Å². The second-order valence-corrected chi connectivity index (χ2v) is 9.58. The van der Waals surface area contributed by atoms with Crippen molar-refractivity contribution in [2.75, 3.05) is 16.0 Å². The normalized spacial score (nSPS) is 10.6. The van der Waals surface area contributed by atoms with Gasteiger partial charge in [-0.25, -0.2) is 0 Å². The third-order valence-corrected chi connectivity index (χ3v) is 6.44. The molecule has 0 unspecified atom stereocenters. The van der Waals surface area contributed by atoms with E-state index in [1.54, 1.807) is 109 Å². The van der Waals surface area contributed by atoms with Gasteiger partial charge in [0.2, 0.25) is 0 Å². The molecule has 0 fully saturated rings. The largest absolute Gasteiger partial charge is 0.322 e. The highest BCUT2D eigenvalue weighted by molar-refractivity contribution is 6.10. The van der Waals surface area contributed by atoms with Crippen molar-refractivity contribution in [2.24, 2.45) is 0 Å². The number of rotatable bonds is 9. The van der Waals surface area contributed by atoms with Crippen LogP contribution in [-0.2, 0) is 0 Å². The first-order chi connectivity index (χ1) is 20.9. The van der Waals surface area contributed by atoms with Crippen molar-refractivity contribution in [3.05, 3.63) is 167 Å². The number of hydrogen-bond donors (Lipinski definition) is 3. The summed E-state index contributed by atoms with van der Waals surface area (Å²) in [6, 6.07) is 38.1. The molecule has 3 N–H and O–H groups in total. The quantitative estimate of drug-likeness (QED) is 0.128. The molecule has 0 aliphatic carbocycles. The van der Waals surface area contributed by atoms with Gasteiger partial charge in [0.25, 0.3) is 17.7 Å². The number of ketones is 1. The van der Waals surface area contributed by atoms with Crippen LogP contribution < -0.4 is 16.0 Å². The van der Waals surface area contributed by atoms with Crippen LogP contribution >= 0.6 is 0 Å². The lowest BCUT2D eigenvalue weighted by molar-refractivity contribution is 0.101. The molecule has 5 aromatic carbocycles. The molecule has 3 amide bonds. The zero-order valence-electron chi connectivity index (χ0n) is 23.0. The first-order valence-electron chi connectivity index (χ1n) is 13.5. The molecular weight excluding hydrogens is 538 g/mol. The van der Waals surface area contributed by atoms with Gasteiger partial charge in [0.15, 0.2) is 5.78 Å². The zero-order chi connectivity index (χ0) is 30.0. The number of hydrogen-bond acceptors (Lipinski definition) is 4. The molecule has 0 aliphatic heterocycles. The van der Waals surface area contributed by atoms with E-state index in [1.807, 2.05) is 30.3 Å². The van der Waals surface area contributed by atoms with Crippen molar-refractivity contribution in [3.63, 3.8) is 0 Å². The summed E-state index contributed by atoms with van der Waals surface area (Å²) in [6.45, 7) is 0. The van der Waals surface area contributed by atoms with Crippen LogP contribution in [0.4, 0.5) is 17.1 Å². The van der Waals surface area contributed by atoms with Gasteiger partial charge in [-0.3, -0.25) is 19.2 Å². The highest BCUT2D eigenvalue weighted by Gasteiger charge is 2.14. The second kappa shape index (κ2) is 13.5. The molecule has 0 atom stereocenters. The van der Waals surface area contributed by atoms with Gasteiger partial charge in [0.1, 0.15) is 0 Å². The monoisotopic (exact) mass is 565 g/mol. The van der Waals surface area contributed by atoms with Gasteiger partial charge in [-0.1, -0.05) is 84.9 Å². The molecule has 7 nitrogen and oxygen atoms in total. The first kappa shape index (κ1) is 28.4. The second-order valence-electron chi connectivity index (χ2n) is 9.58. The van der Waals surface area contributed by atoms with Gasteiger partial charge in [-0.2, -0.15) is 0 Å². The Morgan fingerprint density at radius 3 is 1.33 bits per heavy atom. The van der Waals surface area contributed by atoms with Crippen molar-refractivity contribution in [3.8, 4) is 0 Å². The predicted molar refractivity (Wildman–Crippen MR) is 169 cm³/mol. The number of carbonyl (C=O) groups is 4. The average Bonchev–Trinajstić information content (AvgIpc) is 3.05. The van der Waals surface area contributed by atoms with Gasteiger partial charge in [-0.15, -0.1) is 0 Å². The fourth-order valence-corrected chi connectivity index (χ4v) is 4.24. The molecule has 7 heteroatoms. The molecule has 0 spiro atoms. The Bertz CT molecular complexity index is 1710. The fraction of sp³-hybridized carbons (Fsp3) is 0. The molecule has 5 rings (SSSR count). The maximum atomic E-state index is 13.3. The van der Waals surface area contributed by atoms with Crippen LogP contribution in [0.25, 0.3) is 6.08 Å². The predicted octanol–water partition coefficient (Wildman–Crippen LogP) is 7.34. The number of nitrogens with one attached hydrogen (secondary N) is 3. The molecule has 43 heavy (non-hydrogen) atoms. The van der Waals surface area contributed by atoms with Crippen molar-refractivity contribution in [1.29, 1.82) is 0 Å². The summed E-state index contributed by atoms with van der Waals surface area (Å²) >= 11 is 0. The minimum absolute atomic E-state index is 0.104. The topological polar surface area (TPSA) is 104 Å². The lowest BCUT2D eigenvalue weighted by Crippen LogP contribution is -2.17. The van der Waals surface area contributed by atoms with Gasteiger partial charge >= 0.3 is 0 Å². The van der Waals surface area contributed by atoms with E-state index in [0.29, 0.717) is 33.8 Å². The van der Waals surface area contributed by atoms with E-state index in [2.05, 4.69) is 16.0 Å². The van der Waals surface area contributed by atoms with Crippen molar-refractivity contribution in [2.45, 2.75) is 0 Å². The molecular formula is C36H27N3O4. The van der Waals surface area contributed by atoms with E-state index in [1.165, 1.54) is 6.08 Å². The van der Waals surface area contributed by atoms with Crippen LogP contribution in [0.2, 0.25) is 0 Å². The minimum Gasteiger partial charge on any atom is -0.322 e. The van der Waals surface area contributed by atoms with Crippen LogP contribution in [0.5, 0.6) is 0 Å². The van der Waals surface area contributed by atoms with E-state index < -0.39 is 5.91 Å². The molecule has 0 saturated heterocycles. The van der Waals surface area contributed by atoms with Gasteiger partial charge in [-0.05, 0) is 66.2 Å². The van der Waals surface area contributed by atoms with Crippen LogP contribution in [0, 0.1) is 0 Å². The van der Waals surface area contributed by atoms with E-state index in [4.69, 9.17) is 0 Å². The fourth-order valence-electron chi connectivity index (χ4n) is 4.24. The average molecular weight is 566 g/mol. The molecule has 5 aromatic rings. The van der Waals surface area contributed by atoms with E-state index >= 15 is 0 Å². The SMILES string of the molecule is O=C(/C=C/c1ccc(NC(=O)c2cc(NC(=O)c3ccccc3)cc(NC(=O)c3ccccc3)c2)cc1)c1ccccc1. The van der Waals surface area contributed by atoms with E-state index in [-0.39, 0.29) is 23.2 Å². The first-order valence-corrected chi connectivity index (χ1v) is 13.5. The summed E-state index contributed by atoms with van der Waals surface area (Å²) in [5.41, 5.74) is 3.74. The number of amides is 3. The standard InChI is InChI=1S/C36H27N3O4/c40-33(26-10-4-1-5-11-26)21-18-25-16-19-30(20-17-25)37-36(43)29-22-31(38-34(41)27-12-6-2-7-13-27)24-32(23-29)39-35(42)28-14-8-3-9-15-28/h1-24H,(H,37,43)(H,38,41)(H,39,42)/b21-18+. The van der Waals surface area contributed by atoms with Crippen LogP contribution in [0.15, 0.2) is 140 Å². The van der Waals surface area contributed by atoms with Crippen LogP contribution in [-0.4, -0.2) is 23.5 Å². The Balaban J connectivity index is 1.33. The summed E-state index contributed by atoms with van der Waals surface area (Å²) < 4.78 is 0. The number of allylic oxidation sites excluding steroid dienone is 1. The summed E-state index contributed by atoms with van der Waals surface area (Å²) in [7, 11) is 0. The van der Waals surface area contributed by atoms with E-state index in [0.717, 1.165) is 5.56 Å². The number of anilines is 3. The molecule has 0 saturated carbocycles. The Morgan fingerprint density at radius 1 is 0.419 bits per heavy atom. The highest BCUT2D eigenvalue weighted by atomic mass is 16.2. The Kier molecular flexibility index (Phi) is 8.94. The van der Waals surface area contributed by atoms with Crippen molar-refractivity contribution >= 4 is 46.6 Å². The Hall–Kier alpha value is -6.08. The number of carbonyl (C=O) groups excluding carboxylic acids is 4. The summed E-state index contributed by atoms with van der Waals surface area (Å²) in [4.78, 5) is 51.3. The molecule has 0 aliphatic rings. The summed E-state index contributed by atoms with van der Waals surface area (Å²) in [5.74, 6) is -1.25. The third kappa shape index (κ3) is 7.77. The molecule has 0 bridgehead atoms. The smallest absolute Gasteiger partial charge is 0.255 e. The Morgan fingerprint density at radius 2 is 0.837 bits per heavy atom. The van der Waals surface area contributed by atoms with E-state index in [9.17, 15) is 19.2 Å². The number of benzene rings is 5. The summed E-state index contributed by atoms with van der Waals surface area (Å²) in [6.07, 6.45) is 3.21. The molecule has 0 aromatic heterocycles. The van der Waals surface area contributed by atoms with Gasteiger partial charge in [0, 0.05) is 39.3 Å². The lowest BCUT2D eigenvalue weighted by atomic mass is 10.1. The molecule has 0 radical (unpaired) electrons. The maximum absolute atomic E-state index is 13.3. The zero-order valence-corrected chi connectivity index (χ0v) is 23.0. The molecule has 0 heterocycles. The van der Waals surface area contributed by atoms with Crippen molar-refractivity contribution in [1.82, 2.24) is 0 Å². The van der Waals surface area contributed by atoms with Crippen molar-refractivity contribution < 1.29 is 19.2 Å². The summed E-state index contributed by atoms with van der Waals surface area (Å²) in [5, 5.41) is 8.46. The van der Waals surface area contributed by atoms with Crippen LogP contribution in [0.3, 0.4) is 0 Å². The van der Waals surface area contributed by atoms with Gasteiger partial charge < -0.3 is 16.0 Å². The highest BCUT2D eigenvalue weighted by Crippen LogP contribution is 2.22. The minimum atomic E-state index is -0.437. The lowest BCUT2D eigenvalue weighted by Gasteiger charge is -2.13. The van der Waals surface area contributed by atoms with Crippen LogP contribution in [0.1, 0.15) is 47.0 Å². The Labute approximate surface area is 248 Å².